The number of aliphatic hydroxyl groups is 1. The number of carboxylic acid groups (broad SMARTS) is 1. The fourth-order valence-corrected chi connectivity index (χ4v) is 1.49. The van der Waals surface area contributed by atoms with Gasteiger partial charge >= 0.3 is 5.97 Å². The van der Waals surface area contributed by atoms with Crippen LogP contribution in [0.1, 0.15) is 11.7 Å². The van der Waals surface area contributed by atoms with Gasteiger partial charge in [0.1, 0.15) is 17.9 Å². The van der Waals surface area contributed by atoms with E-state index in [4.69, 9.17) is 10.2 Å². The minimum atomic E-state index is -1.13. The maximum Gasteiger partial charge on any atom is 0.323 e. The van der Waals surface area contributed by atoms with Crippen molar-refractivity contribution in [2.75, 3.05) is 14.1 Å². The van der Waals surface area contributed by atoms with Crippen LogP contribution in [0.4, 0.5) is 0 Å². The van der Waals surface area contributed by atoms with E-state index in [0.717, 1.165) is 0 Å². The second kappa shape index (κ2) is 4.96. The number of carboxylic acids is 1. The van der Waals surface area contributed by atoms with E-state index in [9.17, 15) is 9.90 Å². The number of hydrogen-bond acceptors (Lipinski definition) is 4. The standard InChI is InChI=1S/C11H15NO4/c1-12(2)9(11(15)16)10(14)7-3-5-8(13)6-4-7/h3-6,9-10,13-14H,1-2H3,(H,15,16). The van der Waals surface area contributed by atoms with Gasteiger partial charge in [0.05, 0.1) is 0 Å². The Morgan fingerprint density at radius 3 is 2.12 bits per heavy atom. The normalized spacial score (nSPS) is 14.8. The summed E-state index contributed by atoms with van der Waals surface area (Å²) in [5.41, 5.74) is 0.457. The number of nitrogens with zero attached hydrogens (tertiary/aromatic N) is 1. The molecule has 0 fully saturated rings. The number of phenols is 1. The maximum absolute atomic E-state index is 11.0. The summed E-state index contributed by atoms with van der Waals surface area (Å²) in [6, 6.07) is 4.81. The van der Waals surface area contributed by atoms with Crippen molar-refractivity contribution in [2.24, 2.45) is 0 Å². The van der Waals surface area contributed by atoms with Crippen molar-refractivity contribution < 1.29 is 20.1 Å². The van der Waals surface area contributed by atoms with Crippen LogP contribution in [0.15, 0.2) is 24.3 Å². The van der Waals surface area contributed by atoms with E-state index >= 15 is 0 Å². The van der Waals surface area contributed by atoms with Crippen molar-refractivity contribution in [1.29, 1.82) is 0 Å². The van der Waals surface area contributed by atoms with Crippen molar-refractivity contribution in [1.82, 2.24) is 4.90 Å². The third kappa shape index (κ3) is 2.71. The Balaban J connectivity index is 2.94. The molecule has 0 saturated carbocycles. The molecule has 2 atom stereocenters. The molecule has 1 aromatic carbocycles. The number of rotatable bonds is 4. The third-order valence-corrected chi connectivity index (χ3v) is 2.34. The topological polar surface area (TPSA) is 81.0 Å². The monoisotopic (exact) mass is 225 g/mol. The molecule has 0 aliphatic carbocycles. The van der Waals surface area contributed by atoms with E-state index in [0.29, 0.717) is 5.56 Å². The molecule has 16 heavy (non-hydrogen) atoms. The van der Waals surface area contributed by atoms with Crippen molar-refractivity contribution in [3.05, 3.63) is 29.8 Å². The number of aromatic hydroxyl groups is 1. The molecular weight excluding hydrogens is 210 g/mol. The first-order valence-corrected chi connectivity index (χ1v) is 4.79. The second-order valence-electron chi connectivity index (χ2n) is 3.78. The van der Waals surface area contributed by atoms with Gasteiger partial charge < -0.3 is 15.3 Å². The molecule has 3 N–H and O–H groups in total. The minimum Gasteiger partial charge on any atom is -0.508 e. The molecule has 88 valence electrons. The molecule has 5 heteroatoms. The summed E-state index contributed by atoms with van der Waals surface area (Å²) in [6.45, 7) is 0. The van der Waals surface area contributed by atoms with E-state index in [1.54, 1.807) is 14.1 Å². The van der Waals surface area contributed by atoms with Crippen molar-refractivity contribution in [3.63, 3.8) is 0 Å². The third-order valence-electron chi connectivity index (χ3n) is 2.34. The van der Waals surface area contributed by atoms with Crippen LogP contribution in [0.5, 0.6) is 5.75 Å². The Morgan fingerprint density at radius 2 is 1.75 bits per heavy atom. The summed E-state index contributed by atoms with van der Waals surface area (Å²) >= 11 is 0. The molecule has 0 amide bonds. The number of benzene rings is 1. The van der Waals surface area contributed by atoms with E-state index < -0.39 is 18.1 Å². The first kappa shape index (κ1) is 12.5. The highest BCUT2D eigenvalue weighted by Gasteiger charge is 2.29. The van der Waals surface area contributed by atoms with Gasteiger partial charge in [-0.1, -0.05) is 12.1 Å². The van der Waals surface area contributed by atoms with Gasteiger partial charge in [-0.25, -0.2) is 0 Å². The lowest BCUT2D eigenvalue weighted by Crippen LogP contribution is -2.40. The summed E-state index contributed by atoms with van der Waals surface area (Å²) in [4.78, 5) is 12.4. The molecule has 0 aliphatic heterocycles. The number of carbonyl (C=O) groups is 1. The summed E-state index contributed by atoms with van der Waals surface area (Å²) < 4.78 is 0. The zero-order chi connectivity index (χ0) is 12.3. The summed E-state index contributed by atoms with van der Waals surface area (Å²) in [5, 5.41) is 28.0. The van der Waals surface area contributed by atoms with Gasteiger partial charge in [-0.15, -0.1) is 0 Å². The zero-order valence-corrected chi connectivity index (χ0v) is 9.16. The van der Waals surface area contributed by atoms with Crippen LogP contribution in [0, 0.1) is 0 Å². The highest BCUT2D eigenvalue weighted by atomic mass is 16.4. The molecule has 0 aromatic heterocycles. The smallest absolute Gasteiger partial charge is 0.323 e. The van der Waals surface area contributed by atoms with Gasteiger partial charge in [0, 0.05) is 0 Å². The van der Waals surface area contributed by atoms with Crippen molar-refractivity contribution in [2.45, 2.75) is 12.1 Å². The fraction of sp³-hybridized carbons (Fsp3) is 0.364. The van der Waals surface area contributed by atoms with Gasteiger partial charge in [-0.05, 0) is 31.8 Å². The van der Waals surface area contributed by atoms with Gasteiger partial charge in [0.25, 0.3) is 0 Å². The predicted molar refractivity (Wildman–Crippen MR) is 58.2 cm³/mol. The van der Waals surface area contributed by atoms with E-state index in [-0.39, 0.29) is 5.75 Å². The quantitative estimate of drug-likeness (QED) is 0.692. The highest BCUT2D eigenvalue weighted by molar-refractivity contribution is 5.74. The second-order valence-corrected chi connectivity index (χ2v) is 3.78. The maximum atomic E-state index is 11.0. The van der Waals surface area contributed by atoms with Crippen LogP contribution < -0.4 is 0 Å². The number of phenolic OH excluding ortho intramolecular Hbond substituents is 1. The molecule has 0 saturated heterocycles. The van der Waals surface area contributed by atoms with Gasteiger partial charge in [0.2, 0.25) is 0 Å². The van der Waals surface area contributed by atoms with Crippen LogP contribution in [-0.2, 0) is 4.79 Å². The molecule has 1 aromatic rings. The fourth-order valence-electron chi connectivity index (χ4n) is 1.49. The minimum absolute atomic E-state index is 0.0766. The Kier molecular flexibility index (Phi) is 3.87. The summed E-state index contributed by atoms with van der Waals surface area (Å²) in [6.07, 6.45) is -1.13. The number of aliphatic carboxylic acids is 1. The van der Waals surface area contributed by atoms with E-state index in [2.05, 4.69) is 0 Å². The number of aliphatic hydroxyl groups excluding tert-OH is 1. The Morgan fingerprint density at radius 1 is 1.25 bits per heavy atom. The predicted octanol–water partition coefficient (Wildman–Crippen LogP) is 0.440. The zero-order valence-electron chi connectivity index (χ0n) is 9.16. The largest absolute Gasteiger partial charge is 0.508 e. The average Bonchev–Trinajstić information content (AvgIpc) is 2.17. The number of likely N-dealkylation sites (N-methyl/N-ethyl adjacent to an activating group) is 1. The van der Waals surface area contributed by atoms with Crippen LogP contribution in [-0.4, -0.2) is 46.3 Å². The van der Waals surface area contributed by atoms with Crippen LogP contribution in [0.2, 0.25) is 0 Å². The van der Waals surface area contributed by atoms with Gasteiger partial charge in [0.15, 0.2) is 0 Å². The van der Waals surface area contributed by atoms with Crippen molar-refractivity contribution >= 4 is 5.97 Å². The molecule has 0 bridgehead atoms. The summed E-state index contributed by atoms with van der Waals surface area (Å²) in [5.74, 6) is -1.02. The molecule has 0 aliphatic rings. The molecule has 0 heterocycles. The van der Waals surface area contributed by atoms with Crippen LogP contribution in [0.25, 0.3) is 0 Å². The highest BCUT2D eigenvalue weighted by Crippen LogP contribution is 2.22. The first-order valence-electron chi connectivity index (χ1n) is 4.79. The van der Waals surface area contributed by atoms with Crippen LogP contribution >= 0.6 is 0 Å². The summed E-state index contributed by atoms with van der Waals surface area (Å²) in [7, 11) is 3.17. The van der Waals surface area contributed by atoms with Crippen molar-refractivity contribution in [3.8, 4) is 5.75 Å². The Bertz CT molecular complexity index is 361. The lowest BCUT2D eigenvalue weighted by Gasteiger charge is -2.25. The molecule has 0 spiro atoms. The lowest BCUT2D eigenvalue weighted by molar-refractivity contribution is -0.146. The number of hydrogen-bond donors (Lipinski definition) is 3. The molecule has 1 rings (SSSR count). The van der Waals surface area contributed by atoms with E-state index in [1.807, 2.05) is 0 Å². The molecule has 0 radical (unpaired) electrons. The van der Waals surface area contributed by atoms with Gasteiger partial charge in [-0.3, -0.25) is 9.69 Å². The molecule has 2 unspecified atom stereocenters. The molecule has 5 nitrogen and oxygen atoms in total. The van der Waals surface area contributed by atoms with Gasteiger partial charge in [-0.2, -0.15) is 0 Å². The SMILES string of the molecule is CN(C)C(C(=O)O)C(O)c1ccc(O)cc1. The molecular formula is C11H15NO4. The Labute approximate surface area is 93.6 Å². The Hall–Kier alpha value is -1.59. The first-order chi connectivity index (χ1) is 7.43. The average molecular weight is 225 g/mol. The van der Waals surface area contributed by atoms with E-state index in [1.165, 1.54) is 29.2 Å². The lowest BCUT2D eigenvalue weighted by atomic mass is 10.0. The van der Waals surface area contributed by atoms with Crippen LogP contribution in [0.3, 0.4) is 0 Å².